The molecule has 0 fully saturated rings. The van der Waals surface area contributed by atoms with Gasteiger partial charge < -0.3 is 4.57 Å². The summed E-state index contributed by atoms with van der Waals surface area (Å²) < 4.78 is 28.8. The van der Waals surface area contributed by atoms with Gasteiger partial charge in [-0.2, -0.15) is 14.6 Å². The molecular weight excluding hydrogens is 434 g/mol. The summed E-state index contributed by atoms with van der Waals surface area (Å²) in [6, 6.07) is 10.0. The average molecular weight is 456 g/mol. The number of aromatic nitrogens is 3. The molecule has 1 N–H and O–H groups in total. The van der Waals surface area contributed by atoms with Crippen molar-refractivity contribution in [3.05, 3.63) is 57.9 Å². The molecule has 3 rings (SSSR count). The third-order valence-electron chi connectivity index (χ3n) is 4.70. The predicted molar refractivity (Wildman–Crippen MR) is 120 cm³/mol. The molecule has 0 atom stereocenters. The summed E-state index contributed by atoms with van der Waals surface area (Å²) in [6.07, 6.45) is 2.49. The van der Waals surface area contributed by atoms with Gasteiger partial charge in [-0.15, -0.1) is 0 Å². The highest BCUT2D eigenvalue weighted by Crippen LogP contribution is 2.26. The highest BCUT2D eigenvalue weighted by Gasteiger charge is 2.18. The zero-order chi connectivity index (χ0) is 22.9. The molecule has 0 unspecified atom stereocenters. The summed E-state index contributed by atoms with van der Waals surface area (Å²) in [4.78, 5) is 16.3. The summed E-state index contributed by atoms with van der Waals surface area (Å²) in [6.45, 7) is 7.95. The lowest BCUT2D eigenvalue weighted by Gasteiger charge is -2.13. The van der Waals surface area contributed by atoms with Crippen LogP contribution in [0.3, 0.4) is 0 Å². The Bertz CT molecular complexity index is 1360. The fraction of sp³-hybridized carbons (Fsp3) is 0.238. The van der Waals surface area contributed by atoms with E-state index in [4.69, 9.17) is 0 Å². The first-order valence-corrected chi connectivity index (χ1v) is 11.9. The number of hydrogen-bond acceptors (Lipinski definition) is 7. The van der Waals surface area contributed by atoms with Crippen molar-refractivity contribution in [3.63, 3.8) is 0 Å². The highest BCUT2D eigenvalue weighted by molar-refractivity contribution is 7.90. The number of carbonyl (C=O) groups excluding carboxylic acids is 1. The van der Waals surface area contributed by atoms with Gasteiger partial charge in [-0.3, -0.25) is 10.1 Å². The molecule has 10 heteroatoms. The molecule has 31 heavy (non-hydrogen) atoms. The summed E-state index contributed by atoms with van der Waals surface area (Å²) in [5, 5.41) is 11.6. The van der Waals surface area contributed by atoms with Crippen LogP contribution in [-0.4, -0.2) is 34.5 Å². The maximum Gasteiger partial charge on any atom is 0.268 e. The number of anilines is 1. The second kappa shape index (κ2) is 8.45. The van der Waals surface area contributed by atoms with Crippen molar-refractivity contribution in [2.45, 2.75) is 32.9 Å². The lowest BCUT2D eigenvalue weighted by molar-refractivity contribution is -0.112. The van der Waals surface area contributed by atoms with Crippen molar-refractivity contribution in [2.75, 3.05) is 11.6 Å². The van der Waals surface area contributed by atoms with E-state index in [2.05, 4.69) is 37.4 Å². The lowest BCUT2D eigenvalue weighted by Crippen LogP contribution is -2.13. The molecule has 160 valence electrons. The summed E-state index contributed by atoms with van der Waals surface area (Å²) in [5.41, 5.74) is 5.75. The van der Waals surface area contributed by atoms with Crippen LogP contribution in [0.4, 0.5) is 5.13 Å². The van der Waals surface area contributed by atoms with Crippen molar-refractivity contribution >= 4 is 38.5 Å². The zero-order valence-electron chi connectivity index (χ0n) is 17.7. The van der Waals surface area contributed by atoms with E-state index in [0.29, 0.717) is 0 Å². The number of amides is 1. The fourth-order valence-electron chi connectivity index (χ4n) is 3.14. The van der Waals surface area contributed by atoms with Gasteiger partial charge >= 0.3 is 0 Å². The minimum Gasteiger partial charge on any atom is -0.318 e. The first-order valence-electron chi connectivity index (χ1n) is 9.24. The van der Waals surface area contributed by atoms with Gasteiger partial charge in [0.05, 0.1) is 0 Å². The first kappa shape index (κ1) is 22.4. The van der Waals surface area contributed by atoms with E-state index in [-0.39, 0.29) is 15.9 Å². The second-order valence-electron chi connectivity index (χ2n) is 7.23. The van der Waals surface area contributed by atoms with E-state index in [1.807, 2.05) is 39.8 Å². The lowest BCUT2D eigenvalue weighted by atomic mass is 10.1. The third kappa shape index (κ3) is 4.73. The molecule has 1 aromatic carbocycles. The van der Waals surface area contributed by atoms with Crippen LogP contribution in [0.5, 0.6) is 0 Å². The van der Waals surface area contributed by atoms with E-state index in [1.165, 1.54) is 6.08 Å². The first-order chi connectivity index (χ1) is 14.5. The van der Waals surface area contributed by atoms with Crippen molar-refractivity contribution in [3.8, 4) is 11.8 Å². The van der Waals surface area contributed by atoms with Gasteiger partial charge in [-0.1, -0.05) is 12.1 Å². The van der Waals surface area contributed by atoms with Crippen LogP contribution < -0.4 is 5.32 Å². The van der Waals surface area contributed by atoms with Crippen molar-refractivity contribution in [2.24, 2.45) is 0 Å². The molecule has 0 radical (unpaired) electrons. The van der Waals surface area contributed by atoms with Crippen molar-refractivity contribution < 1.29 is 13.2 Å². The molecule has 0 spiro atoms. The van der Waals surface area contributed by atoms with E-state index in [9.17, 15) is 18.5 Å². The fourth-order valence-corrected chi connectivity index (χ4v) is 4.58. The van der Waals surface area contributed by atoms with Gasteiger partial charge in [-0.05, 0) is 62.6 Å². The minimum atomic E-state index is -3.58. The van der Waals surface area contributed by atoms with Crippen LogP contribution in [0.1, 0.15) is 28.1 Å². The molecule has 0 bridgehead atoms. The number of nitrogens with zero attached hydrogens (tertiary/aromatic N) is 4. The van der Waals surface area contributed by atoms with Crippen LogP contribution in [0, 0.1) is 39.0 Å². The number of nitriles is 1. The largest absolute Gasteiger partial charge is 0.318 e. The molecule has 2 aromatic heterocycles. The molecule has 8 nitrogen and oxygen atoms in total. The van der Waals surface area contributed by atoms with Crippen LogP contribution >= 0.6 is 11.5 Å². The summed E-state index contributed by atoms with van der Waals surface area (Å²) in [5.74, 6) is -0.685. The minimum absolute atomic E-state index is 0.00688. The number of carbonyl (C=O) groups is 1. The highest BCUT2D eigenvalue weighted by atomic mass is 32.2. The Hall–Kier alpha value is -3.29. The van der Waals surface area contributed by atoms with Crippen LogP contribution in [0.25, 0.3) is 11.8 Å². The maximum absolute atomic E-state index is 12.6. The molecule has 1 amide bonds. The standard InChI is InChI=1S/C21H21N5O3S2/c1-12-6-7-13(2)18(8-12)26-14(3)9-16(15(26)4)10-17(11-22)19(27)23-20-24-21(25-30-20)31(5,28)29/h6-10H,1-5H3,(H,23,24,25,27). The predicted octanol–water partition coefficient (Wildman–Crippen LogP) is 3.51. The van der Waals surface area contributed by atoms with Gasteiger partial charge in [0.15, 0.2) is 0 Å². The van der Waals surface area contributed by atoms with E-state index in [1.54, 1.807) is 0 Å². The van der Waals surface area contributed by atoms with Crippen LogP contribution in [-0.2, 0) is 14.6 Å². The van der Waals surface area contributed by atoms with Gasteiger partial charge in [0.1, 0.15) is 11.6 Å². The number of nitrogens with one attached hydrogen (secondary N) is 1. The molecule has 0 saturated carbocycles. The van der Waals surface area contributed by atoms with Crippen LogP contribution in [0.2, 0.25) is 0 Å². The van der Waals surface area contributed by atoms with Gasteiger partial charge in [0.2, 0.25) is 15.0 Å². The number of hydrogen-bond donors (Lipinski definition) is 1. The average Bonchev–Trinajstić information content (AvgIpc) is 3.26. The number of benzene rings is 1. The topological polar surface area (TPSA) is 118 Å². The van der Waals surface area contributed by atoms with E-state index < -0.39 is 15.7 Å². The smallest absolute Gasteiger partial charge is 0.268 e. The number of aryl methyl sites for hydroxylation is 3. The summed E-state index contributed by atoms with van der Waals surface area (Å²) >= 11 is 0.736. The second-order valence-corrected chi connectivity index (χ2v) is 9.89. The summed E-state index contributed by atoms with van der Waals surface area (Å²) in [7, 11) is -3.58. The van der Waals surface area contributed by atoms with Crippen molar-refractivity contribution in [1.82, 2.24) is 13.9 Å². The van der Waals surface area contributed by atoms with E-state index in [0.717, 1.165) is 51.6 Å². The Morgan fingerprint density at radius 1 is 1.23 bits per heavy atom. The number of sulfone groups is 1. The molecule has 0 aliphatic carbocycles. The monoisotopic (exact) mass is 455 g/mol. The van der Waals surface area contributed by atoms with Crippen molar-refractivity contribution in [1.29, 1.82) is 5.26 Å². The molecule has 0 aliphatic rings. The van der Waals surface area contributed by atoms with Gasteiger partial charge in [0.25, 0.3) is 11.1 Å². The maximum atomic E-state index is 12.6. The molecule has 3 aromatic rings. The Balaban J connectivity index is 1.94. The van der Waals surface area contributed by atoms with Crippen LogP contribution in [0.15, 0.2) is 35.0 Å². The van der Waals surface area contributed by atoms with Gasteiger partial charge in [0, 0.05) is 34.9 Å². The molecule has 0 saturated heterocycles. The normalized spacial score (nSPS) is 11.9. The van der Waals surface area contributed by atoms with Gasteiger partial charge in [-0.25, -0.2) is 8.42 Å². The Morgan fingerprint density at radius 3 is 2.55 bits per heavy atom. The Labute approximate surface area is 185 Å². The molecular formula is C21H21N5O3S2. The molecule has 0 aliphatic heterocycles. The quantitative estimate of drug-likeness (QED) is 0.465. The Morgan fingerprint density at radius 2 is 1.94 bits per heavy atom. The molecule has 2 heterocycles. The SMILES string of the molecule is Cc1ccc(C)c(-n2c(C)cc(C=C(C#N)C(=O)Nc3nc(S(C)(=O)=O)ns3)c2C)c1. The van der Waals surface area contributed by atoms with E-state index >= 15 is 0 Å². The zero-order valence-corrected chi connectivity index (χ0v) is 19.3. The Kier molecular flexibility index (Phi) is 6.10. The number of rotatable bonds is 5. The third-order valence-corrected chi connectivity index (χ3v) is 6.29.